The molecule has 0 saturated carbocycles. The van der Waals surface area contributed by atoms with Crippen molar-refractivity contribution < 1.29 is 19.2 Å². The molecule has 0 aliphatic carbocycles. The highest BCUT2D eigenvalue weighted by Gasteiger charge is 2.44. The van der Waals surface area contributed by atoms with E-state index in [1.807, 2.05) is 39.0 Å². The fourth-order valence-electron chi connectivity index (χ4n) is 2.53. The standard InChI is InChI=1S/C18H21N3O4/c1-5-8-20-16(23)17(24)21(18(20)25)10-15(22)19-13(4)14-7-6-11(2)12(3)9-14/h5-7,9,13H,1,8,10H2,2-4H3,(H,19,22)/t13-/m0/s1. The maximum absolute atomic E-state index is 12.2. The number of amides is 5. The molecule has 0 unspecified atom stereocenters. The van der Waals surface area contributed by atoms with E-state index in [1.165, 1.54) is 6.08 Å². The second-order valence-electron chi connectivity index (χ2n) is 6.01. The Hall–Kier alpha value is -2.96. The first-order valence-electron chi connectivity index (χ1n) is 7.91. The first kappa shape index (κ1) is 18.4. The monoisotopic (exact) mass is 343 g/mol. The summed E-state index contributed by atoms with van der Waals surface area (Å²) in [5, 5.41) is 2.74. The van der Waals surface area contributed by atoms with E-state index >= 15 is 0 Å². The Bertz CT molecular complexity index is 757. The number of carbonyl (C=O) groups excluding carboxylic acids is 4. The first-order valence-corrected chi connectivity index (χ1v) is 7.91. The van der Waals surface area contributed by atoms with E-state index in [9.17, 15) is 19.2 Å². The van der Waals surface area contributed by atoms with Crippen LogP contribution >= 0.6 is 0 Å². The van der Waals surface area contributed by atoms with Crippen molar-refractivity contribution in [2.24, 2.45) is 0 Å². The molecule has 7 heteroatoms. The third kappa shape index (κ3) is 3.76. The number of urea groups is 1. The number of hydrogen-bond acceptors (Lipinski definition) is 4. The van der Waals surface area contributed by atoms with Crippen LogP contribution in [0.3, 0.4) is 0 Å². The number of benzene rings is 1. The van der Waals surface area contributed by atoms with Gasteiger partial charge in [-0.1, -0.05) is 24.3 Å². The lowest BCUT2D eigenvalue weighted by molar-refractivity contribution is -0.143. The number of nitrogens with one attached hydrogen (secondary N) is 1. The Balaban J connectivity index is 2.03. The molecule has 1 atom stereocenters. The summed E-state index contributed by atoms with van der Waals surface area (Å²) in [5.41, 5.74) is 3.17. The van der Waals surface area contributed by atoms with E-state index in [0.29, 0.717) is 4.90 Å². The first-order chi connectivity index (χ1) is 11.8. The van der Waals surface area contributed by atoms with Crippen LogP contribution < -0.4 is 5.32 Å². The van der Waals surface area contributed by atoms with Gasteiger partial charge in [-0.15, -0.1) is 6.58 Å². The summed E-state index contributed by atoms with van der Waals surface area (Å²) in [7, 11) is 0. The summed E-state index contributed by atoms with van der Waals surface area (Å²) in [6.07, 6.45) is 1.34. The van der Waals surface area contributed by atoms with Gasteiger partial charge in [0.25, 0.3) is 0 Å². The van der Waals surface area contributed by atoms with E-state index in [-0.39, 0.29) is 12.6 Å². The fourth-order valence-corrected chi connectivity index (χ4v) is 2.53. The van der Waals surface area contributed by atoms with Gasteiger partial charge >= 0.3 is 17.8 Å². The van der Waals surface area contributed by atoms with E-state index in [4.69, 9.17) is 0 Å². The van der Waals surface area contributed by atoms with Gasteiger partial charge in [0.05, 0.1) is 6.04 Å². The molecule has 1 aromatic carbocycles. The Morgan fingerprint density at radius 3 is 2.40 bits per heavy atom. The van der Waals surface area contributed by atoms with Crippen molar-refractivity contribution >= 4 is 23.8 Å². The second kappa shape index (κ2) is 7.29. The van der Waals surface area contributed by atoms with Gasteiger partial charge in [-0.3, -0.25) is 19.3 Å². The number of nitrogens with zero attached hydrogens (tertiary/aromatic N) is 2. The molecule has 1 N–H and O–H groups in total. The van der Waals surface area contributed by atoms with Crippen LogP contribution in [0.25, 0.3) is 0 Å². The fraction of sp³-hybridized carbons (Fsp3) is 0.333. The predicted octanol–water partition coefficient (Wildman–Crippen LogP) is 1.46. The summed E-state index contributed by atoms with van der Waals surface area (Å²) < 4.78 is 0. The van der Waals surface area contributed by atoms with Gasteiger partial charge in [-0.25, -0.2) is 9.69 Å². The molecule has 0 bridgehead atoms. The molecule has 132 valence electrons. The van der Waals surface area contributed by atoms with Crippen molar-refractivity contribution in [3.8, 4) is 0 Å². The van der Waals surface area contributed by atoms with Crippen molar-refractivity contribution in [1.82, 2.24) is 15.1 Å². The topological polar surface area (TPSA) is 86.8 Å². The zero-order valence-corrected chi connectivity index (χ0v) is 14.5. The molecule has 0 aromatic heterocycles. The SMILES string of the molecule is C=CCN1C(=O)C(=O)N(CC(=O)N[C@@H](C)c2ccc(C)c(C)c2)C1=O. The zero-order chi connectivity index (χ0) is 18.7. The van der Waals surface area contributed by atoms with Gasteiger partial charge in [0.1, 0.15) is 6.54 Å². The van der Waals surface area contributed by atoms with Crippen LogP contribution in [0, 0.1) is 13.8 Å². The molecule has 1 heterocycles. The van der Waals surface area contributed by atoms with Crippen molar-refractivity contribution in [3.63, 3.8) is 0 Å². The summed E-state index contributed by atoms with van der Waals surface area (Å²) >= 11 is 0. The number of hydrogen-bond donors (Lipinski definition) is 1. The van der Waals surface area contributed by atoms with E-state index < -0.39 is 30.3 Å². The van der Waals surface area contributed by atoms with Crippen LogP contribution in [0.1, 0.15) is 29.7 Å². The minimum atomic E-state index is -0.999. The third-order valence-corrected chi connectivity index (χ3v) is 4.16. The Kier molecular flexibility index (Phi) is 5.36. The largest absolute Gasteiger partial charge is 0.348 e. The number of aryl methyl sites for hydroxylation is 2. The summed E-state index contributed by atoms with van der Waals surface area (Å²) in [6.45, 7) is 8.66. The smallest absolute Gasteiger partial charge is 0.335 e. The molecule has 1 aromatic rings. The maximum atomic E-state index is 12.2. The highest BCUT2D eigenvalue weighted by molar-refractivity contribution is 6.45. The Labute approximate surface area is 146 Å². The Morgan fingerprint density at radius 2 is 1.80 bits per heavy atom. The maximum Gasteiger partial charge on any atom is 0.335 e. The number of imide groups is 2. The van der Waals surface area contributed by atoms with Crippen LogP contribution in [0.5, 0.6) is 0 Å². The van der Waals surface area contributed by atoms with Crippen LogP contribution in [-0.2, 0) is 14.4 Å². The van der Waals surface area contributed by atoms with E-state index in [2.05, 4.69) is 11.9 Å². The second-order valence-corrected chi connectivity index (χ2v) is 6.01. The van der Waals surface area contributed by atoms with Crippen LogP contribution in [0.2, 0.25) is 0 Å². The molecular formula is C18H21N3O4. The molecule has 1 saturated heterocycles. The molecule has 1 aliphatic heterocycles. The van der Waals surface area contributed by atoms with E-state index in [0.717, 1.165) is 21.6 Å². The van der Waals surface area contributed by atoms with Gasteiger partial charge in [-0.2, -0.15) is 0 Å². The van der Waals surface area contributed by atoms with Crippen molar-refractivity contribution in [2.75, 3.05) is 13.1 Å². The summed E-state index contributed by atoms with van der Waals surface area (Å²) in [6, 6.07) is 4.76. The lowest BCUT2D eigenvalue weighted by Gasteiger charge is -2.18. The number of carbonyl (C=O) groups is 4. The Morgan fingerprint density at radius 1 is 1.16 bits per heavy atom. The van der Waals surface area contributed by atoms with E-state index in [1.54, 1.807) is 0 Å². The molecule has 1 fully saturated rings. The lowest BCUT2D eigenvalue weighted by atomic mass is 10.0. The highest BCUT2D eigenvalue weighted by Crippen LogP contribution is 2.17. The van der Waals surface area contributed by atoms with Gasteiger partial charge in [0.15, 0.2) is 0 Å². The van der Waals surface area contributed by atoms with Gasteiger partial charge in [-0.05, 0) is 37.5 Å². The summed E-state index contributed by atoms with van der Waals surface area (Å²) in [5.74, 6) is -2.46. The van der Waals surface area contributed by atoms with Crippen LogP contribution in [-0.4, -0.2) is 46.6 Å². The summed E-state index contributed by atoms with van der Waals surface area (Å²) in [4.78, 5) is 49.3. The van der Waals surface area contributed by atoms with Crippen LogP contribution in [0.15, 0.2) is 30.9 Å². The van der Waals surface area contributed by atoms with Gasteiger partial charge in [0.2, 0.25) is 5.91 Å². The highest BCUT2D eigenvalue weighted by atomic mass is 16.2. The molecule has 5 amide bonds. The predicted molar refractivity (Wildman–Crippen MR) is 91.5 cm³/mol. The lowest BCUT2D eigenvalue weighted by Crippen LogP contribution is -2.42. The molecule has 0 spiro atoms. The van der Waals surface area contributed by atoms with Crippen LogP contribution in [0.4, 0.5) is 4.79 Å². The average molecular weight is 343 g/mol. The normalized spacial score (nSPS) is 15.6. The third-order valence-electron chi connectivity index (χ3n) is 4.16. The average Bonchev–Trinajstić information content (AvgIpc) is 2.75. The minimum absolute atomic E-state index is 0.0689. The molecule has 2 rings (SSSR count). The minimum Gasteiger partial charge on any atom is -0.348 e. The zero-order valence-electron chi connectivity index (χ0n) is 14.5. The van der Waals surface area contributed by atoms with Crippen molar-refractivity contribution in [1.29, 1.82) is 0 Å². The van der Waals surface area contributed by atoms with Crippen molar-refractivity contribution in [3.05, 3.63) is 47.5 Å². The molecule has 1 aliphatic rings. The molecule has 0 radical (unpaired) electrons. The number of rotatable bonds is 6. The molecule has 7 nitrogen and oxygen atoms in total. The van der Waals surface area contributed by atoms with Gasteiger partial charge < -0.3 is 5.32 Å². The van der Waals surface area contributed by atoms with Gasteiger partial charge in [0, 0.05) is 6.54 Å². The molecular weight excluding hydrogens is 322 g/mol. The molecule has 25 heavy (non-hydrogen) atoms. The quantitative estimate of drug-likeness (QED) is 0.481. The van der Waals surface area contributed by atoms with Crippen molar-refractivity contribution in [2.45, 2.75) is 26.8 Å².